The number of benzene rings is 1. The smallest absolute Gasteiger partial charge is 0.265 e. The molecule has 1 amide bonds. The Kier molecular flexibility index (Phi) is 6.55. The molecule has 0 radical (unpaired) electrons. The molecule has 0 atom stereocenters. The molecular formula is C16H25N3O2. The minimum atomic E-state index is -0.804. The summed E-state index contributed by atoms with van der Waals surface area (Å²) in [5, 5.41) is 1.67. The predicted octanol–water partition coefficient (Wildman–Crippen LogP) is 2.40. The van der Waals surface area contributed by atoms with Crippen molar-refractivity contribution in [2.45, 2.75) is 39.3 Å². The van der Waals surface area contributed by atoms with Gasteiger partial charge in [-0.15, -0.1) is 6.58 Å². The van der Waals surface area contributed by atoms with Crippen molar-refractivity contribution in [3.05, 3.63) is 48.0 Å². The van der Waals surface area contributed by atoms with Crippen LogP contribution in [0.1, 0.15) is 43.1 Å². The highest BCUT2D eigenvalue weighted by Crippen LogP contribution is 2.13. The summed E-state index contributed by atoms with van der Waals surface area (Å²) in [4.78, 5) is 17.3. The number of aryl methyl sites for hydroxylation is 1. The van der Waals surface area contributed by atoms with Crippen molar-refractivity contribution < 1.29 is 9.63 Å². The standard InChI is InChI=1S/C16H25N3O2/c1-5-7-12-19(16(3,4)21-17)18-15(20)14-10-8-13(6-2)9-11-14/h5,8-11H,1,6-7,12,17H2,2-4H3,(H,18,20). The second kappa shape index (κ2) is 7.93. The minimum absolute atomic E-state index is 0.188. The number of nitrogens with one attached hydrogen (secondary N) is 1. The molecule has 0 aromatic heterocycles. The number of hydrogen-bond donors (Lipinski definition) is 2. The lowest BCUT2D eigenvalue weighted by Gasteiger charge is -2.36. The van der Waals surface area contributed by atoms with Crippen molar-refractivity contribution in [1.29, 1.82) is 0 Å². The molecule has 5 nitrogen and oxygen atoms in total. The molecule has 0 heterocycles. The lowest BCUT2D eigenvalue weighted by atomic mass is 10.1. The van der Waals surface area contributed by atoms with Gasteiger partial charge in [-0.25, -0.2) is 5.90 Å². The zero-order valence-electron chi connectivity index (χ0n) is 13.1. The fourth-order valence-electron chi connectivity index (χ4n) is 1.82. The summed E-state index contributed by atoms with van der Waals surface area (Å²) in [6.07, 6.45) is 3.44. The van der Waals surface area contributed by atoms with E-state index in [-0.39, 0.29) is 5.91 Å². The van der Waals surface area contributed by atoms with Crippen LogP contribution in [0, 0.1) is 0 Å². The summed E-state index contributed by atoms with van der Waals surface area (Å²) >= 11 is 0. The Hall–Kier alpha value is -1.69. The predicted molar refractivity (Wildman–Crippen MR) is 84.2 cm³/mol. The van der Waals surface area contributed by atoms with Crippen LogP contribution in [0.2, 0.25) is 0 Å². The Morgan fingerprint density at radius 3 is 2.52 bits per heavy atom. The number of carbonyl (C=O) groups is 1. The second-order valence-corrected chi connectivity index (χ2v) is 5.28. The molecule has 0 spiro atoms. The Labute approximate surface area is 126 Å². The molecule has 0 fully saturated rings. The van der Waals surface area contributed by atoms with E-state index < -0.39 is 5.72 Å². The summed E-state index contributed by atoms with van der Waals surface area (Å²) in [6.45, 7) is 9.90. The van der Waals surface area contributed by atoms with Gasteiger partial charge >= 0.3 is 0 Å². The molecular weight excluding hydrogens is 266 g/mol. The van der Waals surface area contributed by atoms with E-state index >= 15 is 0 Å². The van der Waals surface area contributed by atoms with Crippen molar-refractivity contribution in [3.63, 3.8) is 0 Å². The third kappa shape index (κ3) is 4.97. The van der Waals surface area contributed by atoms with E-state index in [9.17, 15) is 4.79 Å². The van der Waals surface area contributed by atoms with Crippen LogP contribution >= 0.6 is 0 Å². The maximum Gasteiger partial charge on any atom is 0.265 e. The molecule has 5 heteroatoms. The van der Waals surface area contributed by atoms with Crippen LogP contribution in [0.15, 0.2) is 36.9 Å². The first-order valence-electron chi connectivity index (χ1n) is 7.11. The van der Waals surface area contributed by atoms with Gasteiger partial charge in [-0.05, 0) is 44.4 Å². The normalized spacial score (nSPS) is 11.5. The number of carbonyl (C=O) groups excluding carboxylic acids is 1. The van der Waals surface area contributed by atoms with Gasteiger partial charge in [0, 0.05) is 12.1 Å². The fourth-order valence-corrected chi connectivity index (χ4v) is 1.82. The van der Waals surface area contributed by atoms with Crippen LogP contribution in [0.5, 0.6) is 0 Å². The van der Waals surface area contributed by atoms with Crippen LogP contribution in [-0.2, 0) is 11.3 Å². The zero-order valence-corrected chi connectivity index (χ0v) is 13.1. The van der Waals surface area contributed by atoms with E-state index in [0.717, 1.165) is 6.42 Å². The van der Waals surface area contributed by atoms with E-state index in [2.05, 4.69) is 18.9 Å². The number of rotatable bonds is 8. The highest BCUT2D eigenvalue weighted by atomic mass is 16.6. The summed E-state index contributed by atoms with van der Waals surface area (Å²) in [6, 6.07) is 7.54. The van der Waals surface area contributed by atoms with Gasteiger partial charge in [-0.2, -0.15) is 5.01 Å². The first-order valence-corrected chi connectivity index (χ1v) is 7.11. The Morgan fingerprint density at radius 2 is 2.05 bits per heavy atom. The zero-order chi connectivity index (χ0) is 15.9. The Bertz CT molecular complexity index is 469. The van der Waals surface area contributed by atoms with Gasteiger partial charge in [0.25, 0.3) is 5.91 Å². The van der Waals surface area contributed by atoms with E-state index in [4.69, 9.17) is 10.7 Å². The number of nitrogens with two attached hydrogens (primary N) is 1. The molecule has 0 saturated carbocycles. The number of hydrazine groups is 1. The summed E-state index contributed by atoms with van der Waals surface area (Å²) in [5.74, 6) is 5.12. The molecule has 116 valence electrons. The molecule has 0 aliphatic carbocycles. The van der Waals surface area contributed by atoms with E-state index in [1.165, 1.54) is 5.56 Å². The van der Waals surface area contributed by atoms with Gasteiger partial charge in [-0.3, -0.25) is 15.1 Å². The van der Waals surface area contributed by atoms with Crippen molar-refractivity contribution in [1.82, 2.24) is 10.4 Å². The quantitative estimate of drug-likeness (QED) is 0.438. The van der Waals surface area contributed by atoms with Crippen LogP contribution < -0.4 is 11.3 Å². The highest BCUT2D eigenvalue weighted by molar-refractivity contribution is 5.93. The topological polar surface area (TPSA) is 67.6 Å². The minimum Gasteiger partial charge on any atom is -0.282 e. The SMILES string of the molecule is C=CCCN(NC(=O)c1ccc(CC)cc1)C(C)(C)ON. The van der Waals surface area contributed by atoms with Crippen LogP contribution in [0.3, 0.4) is 0 Å². The lowest BCUT2D eigenvalue weighted by Crippen LogP contribution is -2.56. The van der Waals surface area contributed by atoms with Crippen LogP contribution in [0.4, 0.5) is 0 Å². The molecule has 21 heavy (non-hydrogen) atoms. The molecule has 1 aromatic rings. The Morgan fingerprint density at radius 1 is 1.43 bits per heavy atom. The van der Waals surface area contributed by atoms with Gasteiger partial charge < -0.3 is 0 Å². The van der Waals surface area contributed by atoms with Crippen molar-refractivity contribution in [2.75, 3.05) is 6.54 Å². The fraction of sp³-hybridized carbons (Fsp3) is 0.438. The lowest BCUT2D eigenvalue weighted by molar-refractivity contribution is -0.150. The van der Waals surface area contributed by atoms with Crippen molar-refractivity contribution >= 4 is 5.91 Å². The monoisotopic (exact) mass is 291 g/mol. The van der Waals surface area contributed by atoms with Gasteiger partial charge in [0.05, 0.1) is 0 Å². The summed E-state index contributed by atoms with van der Waals surface area (Å²) in [7, 11) is 0. The van der Waals surface area contributed by atoms with Gasteiger partial charge in [0.15, 0.2) is 5.72 Å². The number of hydrogen-bond acceptors (Lipinski definition) is 4. The van der Waals surface area contributed by atoms with E-state index in [1.807, 2.05) is 24.3 Å². The molecule has 0 unspecified atom stereocenters. The molecule has 1 rings (SSSR count). The maximum atomic E-state index is 12.3. The number of nitrogens with zero attached hydrogens (tertiary/aromatic N) is 1. The molecule has 3 N–H and O–H groups in total. The average molecular weight is 291 g/mol. The summed E-state index contributed by atoms with van der Waals surface area (Å²) < 4.78 is 0. The molecule has 1 aromatic carbocycles. The summed E-state index contributed by atoms with van der Waals surface area (Å²) in [5.41, 5.74) is 3.83. The maximum absolute atomic E-state index is 12.3. The third-order valence-corrected chi connectivity index (χ3v) is 3.36. The van der Waals surface area contributed by atoms with Gasteiger partial charge in [0.1, 0.15) is 0 Å². The van der Waals surface area contributed by atoms with Crippen LogP contribution in [0.25, 0.3) is 0 Å². The third-order valence-electron chi connectivity index (χ3n) is 3.36. The highest BCUT2D eigenvalue weighted by Gasteiger charge is 2.28. The first kappa shape index (κ1) is 17.4. The van der Waals surface area contributed by atoms with Crippen molar-refractivity contribution in [3.8, 4) is 0 Å². The first-order chi connectivity index (χ1) is 9.94. The van der Waals surface area contributed by atoms with Gasteiger partial charge in [-0.1, -0.05) is 25.1 Å². The van der Waals surface area contributed by atoms with E-state index in [0.29, 0.717) is 18.5 Å². The number of amides is 1. The molecule has 0 bridgehead atoms. The largest absolute Gasteiger partial charge is 0.282 e. The molecule has 0 aliphatic heterocycles. The van der Waals surface area contributed by atoms with Crippen molar-refractivity contribution in [2.24, 2.45) is 5.90 Å². The Balaban J connectivity index is 2.81. The van der Waals surface area contributed by atoms with E-state index in [1.54, 1.807) is 24.9 Å². The van der Waals surface area contributed by atoms with Crippen LogP contribution in [-0.4, -0.2) is 23.2 Å². The van der Waals surface area contributed by atoms with Gasteiger partial charge in [0.2, 0.25) is 0 Å². The average Bonchev–Trinajstić information content (AvgIpc) is 2.51. The molecule has 0 saturated heterocycles. The molecule has 0 aliphatic rings. The second-order valence-electron chi connectivity index (χ2n) is 5.28.